The summed E-state index contributed by atoms with van der Waals surface area (Å²) in [5.74, 6) is 0.822. The summed E-state index contributed by atoms with van der Waals surface area (Å²) in [6.07, 6.45) is -0.311. The van der Waals surface area contributed by atoms with Crippen molar-refractivity contribution in [2.24, 2.45) is 0 Å². The minimum atomic E-state index is -0.513. The second-order valence-corrected chi connectivity index (χ2v) is 10.1. The fourth-order valence-electron chi connectivity index (χ4n) is 3.99. The van der Waals surface area contributed by atoms with Crippen LogP contribution in [0.15, 0.2) is 45.2 Å². The molecule has 5 rings (SSSR count). The number of piperazine rings is 1. The molecule has 15 heteroatoms. The molecule has 0 saturated carbocycles. The van der Waals surface area contributed by atoms with Crippen LogP contribution in [0.3, 0.4) is 0 Å². The molecular formula is C25H27ClN6O8. The maximum Gasteiger partial charge on any atom is 0.410 e. The third-order valence-corrected chi connectivity index (χ3v) is 6.00. The molecule has 212 valence electrons. The van der Waals surface area contributed by atoms with E-state index in [1.807, 2.05) is 20.8 Å². The van der Waals surface area contributed by atoms with Crippen LogP contribution in [0.25, 0.3) is 22.2 Å². The van der Waals surface area contributed by atoms with Gasteiger partial charge in [-0.2, -0.15) is 0 Å². The third-order valence-electron chi connectivity index (χ3n) is 5.77. The zero-order chi connectivity index (χ0) is 29.0. The molecule has 0 N–H and O–H groups in total. The molecule has 0 aliphatic carbocycles. The number of nitro groups is 2. The summed E-state index contributed by atoms with van der Waals surface area (Å²) in [5, 5.41) is 21.7. The lowest BCUT2D eigenvalue weighted by molar-refractivity contribution is -0.383. The van der Waals surface area contributed by atoms with Gasteiger partial charge in [-0.05, 0) is 32.9 Å². The Balaban J connectivity index is 0.000000222. The number of non-ortho nitro benzene ring substituents is 2. The Morgan fingerprint density at radius 3 is 1.90 bits per heavy atom. The van der Waals surface area contributed by atoms with Crippen LogP contribution in [0.1, 0.15) is 32.6 Å². The molecule has 0 unspecified atom stereocenters. The second kappa shape index (κ2) is 11.8. The number of nitrogens with zero attached hydrogens (tertiary/aromatic N) is 6. The number of rotatable bonds is 5. The zero-order valence-electron chi connectivity index (χ0n) is 22.0. The summed E-state index contributed by atoms with van der Waals surface area (Å²) in [5.41, 5.74) is 0.653. The SMILES string of the molecule is CC(C)(C)OC(=O)N1CCN(Cc2nc3c([N+](=O)[O-])cccc3o2)CC1.O=[N+]([O-])c1cccc2oc(CCl)nc12. The lowest BCUT2D eigenvalue weighted by Crippen LogP contribution is -2.49. The third kappa shape index (κ3) is 6.82. The number of ether oxygens (including phenoxy) is 1. The summed E-state index contributed by atoms with van der Waals surface area (Å²) < 4.78 is 16.2. The number of amides is 1. The summed E-state index contributed by atoms with van der Waals surface area (Å²) in [7, 11) is 0. The molecule has 1 fully saturated rings. The zero-order valence-corrected chi connectivity index (χ0v) is 22.8. The Kier molecular flexibility index (Phi) is 8.49. The number of carbonyl (C=O) groups is 1. The fourth-order valence-corrected chi connectivity index (χ4v) is 4.10. The number of halogens is 1. The molecule has 2 aromatic heterocycles. The molecular weight excluding hydrogens is 548 g/mol. The van der Waals surface area contributed by atoms with E-state index in [1.165, 1.54) is 12.1 Å². The monoisotopic (exact) mass is 574 g/mol. The van der Waals surface area contributed by atoms with E-state index in [0.29, 0.717) is 49.8 Å². The van der Waals surface area contributed by atoms with Crippen LogP contribution in [0, 0.1) is 20.2 Å². The number of fused-ring (bicyclic) bond motifs is 2. The minimum Gasteiger partial charge on any atom is -0.444 e. The first-order chi connectivity index (χ1) is 18.9. The molecule has 0 bridgehead atoms. The van der Waals surface area contributed by atoms with Gasteiger partial charge in [0.15, 0.2) is 22.2 Å². The van der Waals surface area contributed by atoms with Gasteiger partial charge in [0.05, 0.1) is 22.3 Å². The van der Waals surface area contributed by atoms with E-state index in [0.717, 1.165) is 0 Å². The quantitative estimate of drug-likeness (QED) is 0.173. The van der Waals surface area contributed by atoms with Crippen molar-refractivity contribution in [2.75, 3.05) is 26.2 Å². The first-order valence-electron chi connectivity index (χ1n) is 12.3. The molecule has 14 nitrogen and oxygen atoms in total. The van der Waals surface area contributed by atoms with Gasteiger partial charge in [0.25, 0.3) is 11.4 Å². The van der Waals surface area contributed by atoms with E-state index < -0.39 is 15.4 Å². The van der Waals surface area contributed by atoms with E-state index in [1.54, 1.807) is 29.2 Å². The largest absolute Gasteiger partial charge is 0.444 e. The van der Waals surface area contributed by atoms with Crippen LogP contribution < -0.4 is 0 Å². The number of alkyl halides is 1. The van der Waals surface area contributed by atoms with Crippen molar-refractivity contribution in [3.63, 3.8) is 0 Å². The summed E-state index contributed by atoms with van der Waals surface area (Å²) in [6.45, 7) is 8.37. The van der Waals surface area contributed by atoms with Crippen LogP contribution in [0.4, 0.5) is 16.2 Å². The first kappa shape index (κ1) is 28.7. The number of benzene rings is 2. The Morgan fingerprint density at radius 2 is 1.43 bits per heavy atom. The van der Waals surface area contributed by atoms with Gasteiger partial charge in [-0.25, -0.2) is 14.8 Å². The van der Waals surface area contributed by atoms with E-state index in [4.69, 9.17) is 25.2 Å². The van der Waals surface area contributed by atoms with Gasteiger partial charge in [0, 0.05) is 38.3 Å². The van der Waals surface area contributed by atoms with Crippen molar-refractivity contribution in [1.29, 1.82) is 0 Å². The number of hydrogen-bond acceptors (Lipinski definition) is 11. The normalized spacial score (nSPS) is 14.2. The fraction of sp³-hybridized carbons (Fsp3) is 0.400. The average molecular weight is 575 g/mol. The molecule has 0 radical (unpaired) electrons. The summed E-state index contributed by atoms with van der Waals surface area (Å²) >= 11 is 5.50. The number of nitro benzene ring substituents is 2. The minimum absolute atomic E-state index is 0.0627. The highest BCUT2D eigenvalue weighted by Gasteiger charge is 2.27. The Labute approximate surface area is 232 Å². The van der Waals surface area contributed by atoms with Crippen LogP contribution >= 0.6 is 11.6 Å². The maximum atomic E-state index is 12.1. The topological polar surface area (TPSA) is 171 Å². The number of carbonyl (C=O) groups excluding carboxylic acids is 1. The molecule has 4 aromatic rings. The van der Waals surface area contributed by atoms with E-state index in [-0.39, 0.29) is 40.3 Å². The number of oxazole rings is 2. The van der Waals surface area contributed by atoms with Gasteiger partial charge < -0.3 is 18.5 Å². The number of hydrogen-bond donors (Lipinski definition) is 0. The van der Waals surface area contributed by atoms with Gasteiger partial charge >= 0.3 is 6.09 Å². The van der Waals surface area contributed by atoms with Crippen LogP contribution in [0.2, 0.25) is 0 Å². The smallest absolute Gasteiger partial charge is 0.410 e. The molecule has 0 spiro atoms. The van der Waals surface area contributed by atoms with Gasteiger partial charge in [-0.3, -0.25) is 25.1 Å². The van der Waals surface area contributed by atoms with Crippen molar-refractivity contribution in [2.45, 2.75) is 38.8 Å². The molecule has 1 saturated heterocycles. The highest BCUT2D eigenvalue weighted by molar-refractivity contribution is 6.16. The molecule has 3 heterocycles. The lowest BCUT2D eigenvalue weighted by atomic mass is 10.2. The van der Waals surface area contributed by atoms with Gasteiger partial charge in [-0.1, -0.05) is 12.1 Å². The van der Waals surface area contributed by atoms with E-state index in [9.17, 15) is 25.0 Å². The predicted octanol–water partition coefficient (Wildman–Crippen LogP) is 5.26. The van der Waals surface area contributed by atoms with Crippen LogP contribution in [0.5, 0.6) is 0 Å². The van der Waals surface area contributed by atoms with Crippen molar-refractivity contribution in [1.82, 2.24) is 19.8 Å². The van der Waals surface area contributed by atoms with Crippen LogP contribution in [-0.2, 0) is 17.2 Å². The highest BCUT2D eigenvalue weighted by atomic mass is 35.5. The second-order valence-electron chi connectivity index (χ2n) is 9.85. The molecule has 1 amide bonds. The Morgan fingerprint density at radius 1 is 0.925 bits per heavy atom. The molecule has 1 aliphatic rings. The highest BCUT2D eigenvalue weighted by Crippen LogP contribution is 2.27. The average Bonchev–Trinajstić information content (AvgIpc) is 3.51. The van der Waals surface area contributed by atoms with Gasteiger partial charge in [0.1, 0.15) is 5.60 Å². The van der Waals surface area contributed by atoms with Crippen LogP contribution in [-0.4, -0.2) is 67.5 Å². The Hall–Kier alpha value is -4.30. The molecule has 40 heavy (non-hydrogen) atoms. The summed E-state index contributed by atoms with van der Waals surface area (Å²) in [6, 6.07) is 9.19. The van der Waals surface area contributed by atoms with Crippen molar-refractivity contribution >= 4 is 51.3 Å². The summed E-state index contributed by atoms with van der Waals surface area (Å²) in [4.78, 5) is 44.8. The first-order valence-corrected chi connectivity index (χ1v) is 12.8. The van der Waals surface area contributed by atoms with Gasteiger partial charge in [0.2, 0.25) is 11.8 Å². The van der Waals surface area contributed by atoms with Gasteiger partial charge in [-0.15, -0.1) is 11.6 Å². The predicted molar refractivity (Wildman–Crippen MR) is 144 cm³/mol. The molecule has 1 aliphatic heterocycles. The van der Waals surface area contributed by atoms with Crippen molar-refractivity contribution < 1.29 is 28.2 Å². The van der Waals surface area contributed by atoms with E-state index in [2.05, 4.69) is 14.9 Å². The van der Waals surface area contributed by atoms with Crippen molar-refractivity contribution in [3.05, 3.63) is 68.4 Å². The van der Waals surface area contributed by atoms with Crippen molar-refractivity contribution in [3.8, 4) is 0 Å². The Bertz CT molecular complexity index is 1540. The van der Waals surface area contributed by atoms with E-state index >= 15 is 0 Å². The number of para-hydroxylation sites is 2. The molecule has 0 atom stereocenters. The standard InChI is InChI=1S/C17H22N4O5.C8H5ClN2O3/c1-17(2,3)26-16(22)20-9-7-19(8-10-20)11-14-18-15-12(21(23)24)5-4-6-13(15)25-14;9-4-7-10-8-5(11(12)13)2-1-3-6(8)14-7/h4-6H,7-11H2,1-3H3;1-3H,4H2. The number of aromatic nitrogens is 2. The maximum absolute atomic E-state index is 12.1. The molecule has 2 aromatic carbocycles. The lowest BCUT2D eigenvalue weighted by Gasteiger charge is -2.35.